The van der Waals surface area contributed by atoms with Crippen molar-refractivity contribution in [3.63, 3.8) is 0 Å². The van der Waals surface area contributed by atoms with Crippen LogP contribution in [0, 0.1) is 0 Å². The number of aryl methyl sites for hydroxylation is 1. The molecule has 96 valence electrons. The minimum absolute atomic E-state index is 0.792. The fourth-order valence-electron chi connectivity index (χ4n) is 1.76. The van der Waals surface area contributed by atoms with Crippen LogP contribution < -0.4 is 14.8 Å². The largest absolute Gasteiger partial charge is 0.493 e. The van der Waals surface area contributed by atoms with Gasteiger partial charge in [0.25, 0.3) is 0 Å². The van der Waals surface area contributed by atoms with E-state index >= 15 is 0 Å². The third kappa shape index (κ3) is 4.65. The fourth-order valence-corrected chi connectivity index (χ4v) is 1.76. The maximum absolute atomic E-state index is 5.28. The number of ether oxygens (including phenoxy) is 2. The standard InChI is InChI=1S/C14H23NO2/c1-4-9-15-10-5-6-12-7-8-13(16-2)14(11-12)17-3/h7-8,11,15H,4-6,9-10H2,1-3H3. The predicted octanol–water partition coefficient (Wildman–Crippen LogP) is 2.64. The average molecular weight is 237 g/mol. The Balaban J connectivity index is 2.43. The van der Waals surface area contributed by atoms with Gasteiger partial charge in [-0.25, -0.2) is 0 Å². The van der Waals surface area contributed by atoms with Crippen molar-refractivity contribution in [1.82, 2.24) is 5.32 Å². The summed E-state index contributed by atoms with van der Waals surface area (Å²) in [5.41, 5.74) is 1.29. The van der Waals surface area contributed by atoms with E-state index in [0.717, 1.165) is 37.4 Å². The number of benzene rings is 1. The van der Waals surface area contributed by atoms with Crippen molar-refractivity contribution in [3.05, 3.63) is 23.8 Å². The number of hydrogen-bond acceptors (Lipinski definition) is 3. The highest BCUT2D eigenvalue weighted by molar-refractivity contribution is 5.42. The van der Waals surface area contributed by atoms with E-state index in [1.807, 2.05) is 6.07 Å². The van der Waals surface area contributed by atoms with Crippen LogP contribution in [0.2, 0.25) is 0 Å². The Bertz CT molecular complexity index is 326. The van der Waals surface area contributed by atoms with Gasteiger partial charge in [-0.05, 0) is 50.0 Å². The fraction of sp³-hybridized carbons (Fsp3) is 0.571. The summed E-state index contributed by atoms with van der Waals surface area (Å²) in [7, 11) is 3.33. The van der Waals surface area contributed by atoms with Crippen molar-refractivity contribution in [2.45, 2.75) is 26.2 Å². The van der Waals surface area contributed by atoms with Gasteiger partial charge in [-0.15, -0.1) is 0 Å². The second kappa shape index (κ2) is 7.96. The maximum atomic E-state index is 5.28. The predicted molar refractivity (Wildman–Crippen MR) is 71.0 cm³/mol. The lowest BCUT2D eigenvalue weighted by molar-refractivity contribution is 0.354. The van der Waals surface area contributed by atoms with Crippen LogP contribution >= 0.6 is 0 Å². The van der Waals surface area contributed by atoms with Gasteiger partial charge in [-0.1, -0.05) is 13.0 Å². The second-order valence-electron chi connectivity index (χ2n) is 4.04. The molecule has 0 aliphatic heterocycles. The van der Waals surface area contributed by atoms with Gasteiger partial charge < -0.3 is 14.8 Å². The molecule has 0 aliphatic carbocycles. The van der Waals surface area contributed by atoms with Crippen LogP contribution in [-0.2, 0) is 6.42 Å². The van der Waals surface area contributed by atoms with E-state index in [-0.39, 0.29) is 0 Å². The van der Waals surface area contributed by atoms with Crippen LogP contribution in [-0.4, -0.2) is 27.3 Å². The summed E-state index contributed by atoms with van der Waals surface area (Å²) >= 11 is 0. The molecule has 1 aromatic carbocycles. The summed E-state index contributed by atoms with van der Waals surface area (Å²) in [5.74, 6) is 1.60. The molecule has 17 heavy (non-hydrogen) atoms. The van der Waals surface area contributed by atoms with Gasteiger partial charge in [-0.2, -0.15) is 0 Å². The van der Waals surface area contributed by atoms with Crippen molar-refractivity contribution in [3.8, 4) is 11.5 Å². The van der Waals surface area contributed by atoms with Gasteiger partial charge >= 0.3 is 0 Å². The van der Waals surface area contributed by atoms with Gasteiger partial charge in [0.15, 0.2) is 11.5 Å². The van der Waals surface area contributed by atoms with E-state index in [1.165, 1.54) is 12.0 Å². The zero-order valence-corrected chi connectivity index (χ0v) is 11.1. The smallest absolute Gasteiger partial charge is 0.160 e. The zero-order chi connectivity index (χ0) is 12.5. The summed E-state index contributed by atoms with van der Waals surface area (Å²) in [5, 5.41) is 3.40. The molecule has 1 aromatic rings. The summed E-state index contributed by atoms with van der Waals surface area (Å²) in [4.78, 5) is 0. The molecule has 1 N–H and O–H groups in total. The highest BCUT2D eigenvalue weighted by Crippen LogP contribution is 2.27. The highest BCUT2D eigenvalue weighted by Gasteiger charge is 2.03. The first-order valence-electron chi connectivity index (χ1n) is 6.23. The van der Waals surface area contributed by atoms with Crippen LogP contribution in [0.5, 0.6) is 11.5 Å². The van der Waals surface area contributed by atoms with Gasteiger partial charge in [0.05, 0.1) is 14.2 Å². The Hall–Kier alpha value is -1.22. The van der Waals surface area contributed by atoms with E-state index in [0.29, 0.717) is 0 Å². The van der Waals surface area contributed by atoms with Crippen molar-refractivity contribution in [1.29, 1.82) is 0 Å². The molecule has 0 saturated heterocycles. The lowest BCUT2D eigenvalue weighted by Crippen LogP contribution is -2.16. The van der Waals surface area contributed by atoms with Crippen molar-refractivity contribution >= 4 is 0 Å². The number of nitrogens with one attached hydrogen (secondary N) is 1. The minimum atomic E-state index is 0.792. The van der Waals surface area contributed by atoms with Crippen molar-refractivity contribution < 1.29 is 9.47 Å². The third-order valence-corrected chi connectivity index (χ3v) is 2.69. The molecule has 0 fully saturated rings. The molecule has 0 aromatic heterocycles. The maximum Gasteiger partial charge on any atom is 0.160 e. The molecule has 0 radical (unpaired) electrons. The Morgan fingerprint density at radius 3 is 2.47 bits per heavy atom. The van der Waals surface area contributed by atoms with E-state index in [9.17, 15) is 0 Å². The first-order valence-corrected chi connectivity index (χ1v) is 6.23. The molecule has 0 unspecified atom stereocenters. The molecule has 1 rings (SSSR count). The molecule has 0 saturated carbocycles. The third-order valence-electron chi connectivity index (χ3n) is 2.69. The molecule has 3 heteroatoms. The molecule has 3 nitrogen and oxygen atoms in total. The lowest BCUT2D eigenvalue weighted by Gasteiger charge is -2.09. The minimum Gasteiger partial charge on any atom is -0.493 e. The van der Waals surface area contributed by atoms with E-state index in [2.05, 4.69) is 24.4 Å². The summed E-state index contributed by atoms with van der Waals surface area (Å²) in [6, 6.07) is 6.12. The molecular formula is C14H23NO2. The number of methoxy groups -OCH3 is 2. The van der Waals surface area contributed by atoms with Gasteiger partial charge in [0.1, 0.15) is 0 Å². The Kier molecular flexibility index (Phi) is 6.48. The Morgan fingerprint density at radius 1 is 1.06 bits per heavy atom. The zero-order valence-electron chi connectivity index (χ0n) is 11.1. The summed E-state index contributed by atoms with van der Waals surface area (Å²) in [6.07, 6.45) is 3.41. The average Bonchev–Trinajstić information content (AvgIpc) is 2.38. The topological polar surface area (TPSA) is 30.5 Å². The van der Waals surface area contributed by atoms with Crippen LogP contribution in [0.4, 0.5) is 0 Å². The molecule has 0 atom stereocenters. The normalized spacial score (nSPS) is 10.3. The van der Waals surface area contributed by atoms with E-state index < -0.39 is 0 Å². The van der Waals surface area contributed by atoms with Gasteiger partial charge in [-0.3, -0.25) is 0 Å². The number of rotatable bonds is 8. The molecular weight excluding hydrogens is 214 g/mol. The SMILES string of the molecule is CCCNCCCc1ccc(OC)c(OC)c1. The van der Waals surface area contributed by atoms with Crippen molar-refractivity contribution in [2.75, 3.05) is 27.3 Å². The monoisotopic (exact) mass is 237 g/mol. The highest BCUT2D eigenvalue weighted by atomic mass is 16.5. The second-order valence-corrected chi connectivity index (χ2v) is 4.04. The van der Waals surface area contributed by atoms with Crippen LogP contribution in [0.1, 0.15) is 25.3 Å². The van der Waals surface area contributed by atoms with Gasteiger partial charge in [0, 0.05) is 0 Å². The van der Waals surface area contributed by atoms with E-state index in [1.54, 1.807) is 14.2 Å². The van der Waals surface area contributed by atoms with Gasteiger partial charge in [0.2, 0.25) is 0 Å². The van der Waals surface area contributed by atoms with Crippen LogP contribution in [0.3, 0.4) is 0 Å². The van der Waals surface area contributed by atoms with Crippen LogP contribution in [0.15, 0.2) is 18.2 Å². The quantitative estimate of drug-likeness (QED) is 0.705. The summed E-state index contributed by atoms with van der Waals surface area (Å²) < 4.78 is 10.5. The molecule has 0 spiro atoms. The lowest BCUT2D eigenvalue weighted by atomic mass is 10.1. The first-order chi connectivity index (χ1) is 8.31. The molecule has 0 aliphatic rings. The summed E-state index contributed by atoms with van der Waals surface area (Å²) in [6.45, 7) is 4.36. The van der Waals surface area contributed by atoms with Crippen molar-refractivity contribution in [2.24, 2.45) is 0 Å². The van der Waals surface area contributed by atoms with E-state index in [4.69, 9.17) is 9.47 Å². The molecule has 0 bridgehead atoms. The van der Waals surface area contributed by atoms with Crippen LogP contribution in [0.25, 0.3) is 0 Å². The number of hydrogen-bond donors (Lipinski definition) is 1. The molecule has 0 heterocycles. The Labute approximate surface area is 104 Å². The first kappa shape index (κ1) is 13.8. The Morgan fingerprint density at radius 2 is 1.82 bits per heavy atom. The molecule has 0 amide bonds.